The number of H-pyrrole nitrogens is 2. The van der Waals surface area contributed by atoms with Gasteiger partial charge in [-0.15, -0.1) is 0 Å². The van der Waals surface area contributed by atoms with E-state index in [2.05, 4.69) is 15.3 Å². The van der Waals surface area contributed by atoms with Gasteiger partial charge in [-0.1, -0.05) is 36.4 Å². The van der Waals surface area contributed by atoms with Crippen molar-refractivity contribution in [2.75, 3.05) is 0 Å². The average molecular weight is 389 g/mol. The Kier molecular flexibility index (Phi) is 5.05. The van der Waals surface area contributed by atoms with Gasteiger partial charge in [0, 0.05) is 40.6 Å². The van der Waals surface area contributed by atoms with Crippen molar-refractivity contribution in [2.24, 2.45) is 11.5 Å². The van der Waals surface area contributed by atoms with Gasteiger partial charge in [0.1, 0.15) is 6.04 Å². The van der Waals surface area contributed by atoms with E-state index in [4.69, 9.17) is 11.5 Å². The summed E-state index contributed by atoms with van der Waals surface area (Å²) in [7, 11) is 0. The van der Waals surface area contributed by atoms with E-state index in [1.165, 1.54) is 0 Å². The first-order valence-electron chi connectivity index (χ1n) is 9.48. The van der Waals surface area contributed by atoms with E-state index in [9.17, 15) is 9.59 Å². The van der Waals surface area contributed by atoms with Crippen LogP contribution in [0.5, 0.6) is 0 Å². The number of primary amides is 1. The number of aromatic amines is 2. The summed E-state index contributed by atoms with van der Waals surface area (Å²) in [5.74, 6) is -0.998. The van der Waals surface area contributed by atoms with Gasteiger partial charge in [0.25, 0.3) is 0 Å². The van der Waals surface area contributed by atoms with Crippen LogP contribution in [-0.2, 0) is 22.4 Å². The van der Waals surface area contributed by atoms with Crippen LogP contribution in [0.25, 0.3) is 21.8 Å². The summed E-state index contributed by atoms with van der Waals surface area (Å²) < 4.78 is 0. The van der Waals surface area contributed by atoms with Gasteiger partial charge < -0.3 is 26.8 Å². The molecule has 0 fully saturated rings. The quantitative estimate of drug-likeness (QED) is 0.330. The summed E-state index contributed by atoms with van der Waals surface area (Å²) in [6, 6.07) is 14.0. The largest absolute Gasteiger partial charge is 0.368 e. The Morgan fingerprint density at radius 2 is 1.38 bits per heavy atom. The van der Waals surface area contributed by atoms with Crippen molar-refractivity contribution >= 4 is 33.6 Å². The van der Waals surface area contributed by atoms with Crippen molar-refractivity contribution in [2.45, 2.75) is 24.9 Å². The molecule has 4 aromatic rings. The van der Waals surface area contributed by atoms with E-state index >= 15 is 0 Å². The molecule has 2 aromatic carbocycles. The lowest BCUT2D eigenvalue weighted by Gasteiger charge is -2.18. The van der Waals surface area contributed by atoms with Gasteiger partial charge in [-0.25, -0.2) is 0 Å². The molecule has 0 saturated heterocycles. The zero-order chi connectivity index (χ0) is 20.4. The lowest BCUT2D eigenvalue weighted by molar-refractivity contribution is -0.128. The lowest BCUT2D eigenvalue weighted by atomic mass is 10.0. The van der Waals surface area contributed by atoms with Crippen LogP contribution in [0, 0.1) is 0 Å². The molecule has 4 rings (SSSR count). The summed E-state index contributed by atoms with van der Waals surface area (Å²) in [5, 5.41) is 4.74. The SMILES string of the molecule is NC(=O)C(Cc1c[nH]c2ccccc12)NC(=O)C(N)Cc1c[nH]c2ccccc12. The first kappa shape index (κ1) is 18.8. The van der Waals surface area contributed by atoms with E-state index in [0.29, 0.717) is 12.8 Å². The Balaban J connectivity index is 1.46. The van der Waals surface area contributed by atoms with Gasteiger partial charge in [-0.05, 0) is 29.7 Å². The summed E-state index contributed by atoms with van der Waals surface area (Å²) in [4.78, 5) is 30.9. The maximum absolute atomic E-state index is 12.7. The van der Waals surface area contributed by atoms with E-state index in [0.717, 1.165) is 32.9 Å². The molecule has 0 bridgehead atoms. The second-order valence-corrected chi connectivity index (χ2v) is 7.20. The van der Waals surface area contributed by atoms with Crippen LogP contribution in [0.4, 0.5) is 0 Å². The second kappa shape index (κ2) is 7.81. The van der Waals surface area contributed by atoms with Crippen LogP contribution < -0.4 is 16.8 Å². The van der Waals surface area contributed by atoms with Gasteiger partial charge in [0.05, 0.1) is 6.04 Å². The normalized spacial score (nSPS) is 13.4. The molecule has 2 aromatic heterocycles. The molecular weight excluding hydrogens is 366 g/mol. The number of hydrogen-bond donors (Lipinski definition) is 5. The highest BCUT2D eigenvalue weighted by Crippen LogP contribution is 2.20. The van der Waals surface area contributed by atoms with Crippen LogP contribution in [0.2, 0.25) is 0 Å². The molecule has 0 spiro atoms. The first-order chi connectivity index (χ1) is 14.0. The highest BCUT2D eigenvalue weighted by atomic mass is 16.2. The number of carbonyl (C=O) groups excluding carboxylic acids is 2. The van der Waals surface area contributed by atoms with Crippen LogP contribution in [0.3, 0.4) is 0 Å². The summed E-state index contributed by atoms with van der Waals surface area (Å²) in [6.07, 6.45) is 4.34. The van der Waals surface area contributed by atoms with Gasteiger partial charge in [-0.3, -0.25) is 9.59 Å². The Morgan fingerprint density at radius 1 is 0.862 bits per heavy atom. The number of amides is 2. The fourth-order valence-electron chi connectivity index (χ4n) is 3.65. The van der Waals surface area contributed by atoms with Crippen LogP contribution in [-0.4, -0.2) is 33.9 Å². The number of nitrogens with two attached hydrogens (primary N) is 2. The van der Waals surface area contributed by atoms with Gasteiger partial charge in [0.2, 0.25) is 11.8 Å². The number of rotatable bonds is 7. The molecule has 2 atom stereocenters. The fraction of sp³-hybridized carbons (Fsp3) is 0.182. The van der Waals surface area contributed by atoms with E-state index in [1.54, 1.807) is 0 Å². The van der Waals surface area contributed by atoms with Crippen molar-refractivity contribution in [3.63, 3.8) is 0 Å². The Labute approximate surface area is 167 Å². The molecule has 0 aliphatic heterocycles. The zero-order valence-corrected chi connectivity index (χ0v) is 15.8. The third-order valence-corrected chi connectivity index (χ3v) is 5.21. The molecule has 0 aliphatic carbocycles. The Bertz CT molecular complexity index is 1180. The predicted molar refractivity (Wildman–Crippen MR) is 113 cm³/mol. The van der Waals surface area contributed by atoms with Crippen molar-refractivity contribution in [3.8, 4) is 0 Å². The lowest BCUT2D eigenvalue weighted by Crippen LogP contribution is -2.51. The van der Waals surface area contributed by atoms with Gasteiger partial charge >= 0.3 is 0 Å². The molecule has 0 saturated carbocycles. The van der Waals surface area contributed by atoms with Gasteiger partial charge in [0.15, 0.2) is 0 Å². The number of hydrogen-bond acceptors (Lipinski definition) is 3. The third kappa shape index (κ3) is 3.86. The Morgan fingerprint density at radius 3 is 1.93 bits per heavy atom. The second-order valence-electron chi connectivity index (χ2n) is 7.20. The Hall–Kier alpha value is -3.58. The summed E-state index contributed by atoms with van der Waals surface area (Å²) in [6.45, 7) is 0. The minimum Gasteiger partial charge on any atom is -0.368 e. The molecule has 2 amide bonds. The number of aromatic nitrogens is 2. The van der Waals surface area contributed by atoms with Crippen LogP contribution in [0.15, 0.2) is 60.9 Å². The molecule has 0 radical (unpaired) electrons. The number of para-hydroxylation sites is 2. The monoisotopic (exact) mass is 389 g/mol. The topological polar surface area (TPSA) is 130 Å². The number of benzene rings is 2. The summed E-state index contributed by atoms with van der Waals surface area (Å²) in [5.41, 5.74) is 15.5. The molecular formula is C22H23N5O2. The van der Waals surface area contributed by atoms with Gasteiger partial charge in [-0.2, -0.15) is 0 Å². The summed E-state index contributed by atoms with van der Waals surface area (Å²) >= 11 is 0. The first-order valence-corrected chi connectivity index (χ1v) is 9.48. The van der Waals surface area contributed by atoms with Crippen molar-refractivity contribution < 1.29 is 9.59 Å². The zero-order valence-electron chi connectivity index (χ0n) is 15.8. The van der Waals surface area contributed by atoms with Crippen LogP contribution >= 0.6 is 0 Å². The number of fused-ring (bicyclic) bond motifs is 2. The predicted octanol–water partition coefficient (Wildman–Crippen LogP) is 1.73. The average Bonchev–Trinajstić information content (AvgIpc) is 3.32. The third-order valence-electron chi connectivity index (χ3n) is 5.21. The van der Waals surface area contributed by atoms with Crippen molar-refractivity contribution in [3.05, 3.63) is 72.1 Å². The molecule has 29 heavy (non-hydrogen) atoms. The van der Waals surface area contributed by atoms with Crippen molar-refractivity contribution in [1.29, 1.82) is 0 Å². The number of nitrogens with one attached hydrogen (secondary N) is 3. The molecule has 2 unspecified atom stereocenters. The highest BCUT2D eigenvalue weighted by molar-refractivity contribution is 5.91. The van der Waals surface area contributed by atoms with E-state index in [1.807, 2.05) is 60.9 Å². The molecule has 7 N–H and O–H groups in total. The molecule has 2 heterocycles. The maximum atomic E-state index is 12.7. The standard InChI is InChI=1S/C22H23N5O2/c23-17(9-13-11-25-18-7-3-1-5-15(13)18)22(29)27-20(21(24)28)10-14-12-26-19-8-4-2-6-16(14)19/h1-8,11-12,17,20,25-26H,9-10,23H2,(H2,24,28)(H,27,29). The molecule has 7 heteroatoms. The molecule has 0 aliphatic rings. The van der Waals surface area contributed by atoms with Crippen molar-refractivity contribution in [1.82, 2.24) is 15.3 Å². The number of carbonyl (C=O) groups is 2. The highest BCUT2D eigenvalue weighted by Gasteiger charge is 2.24. The minimum atomic E-state index is -0.837. The fourth-order valence-corrected chi connectivity index (χ4v) is 3.65. The maximum Gasteiger partial charge on any atom is 0.240 e. The smallest absolute Gasteiger partial charge is 0.240 e. The minimum absolute atomic E-state index is 0.297. The molecule has 7 nitrogen and oxygen atoms in total. The molecule has 148 valence electrons. The van der Waals surface area contributed by atoms with E-state index < -0.39 is 23.9 Å². The van der Waals surface area contributed by atoms with Crippen LogP contribution in [0.1, 0.15) is 11.1 Å². The van der Waals surface area contributed by atoms with E-state index in [-0.39, 0.29) is 0 Å².